The van der Waals surface area contributed by atoms with Gasteiger partial charge in [0.2, 0.25) is 5.78 Å². The molecule has 0 bridgehead atoms. The van der Waals surface area contributed by atoms with E-state index < -0.39 is 0 Å². The number of rotatable bonds is 6. The van der Waals surface area contributed by atoms with E-state index in [0.29, 0.717) is 22.8 Å². The van der Waals surface area contributed by atoms with Crippen molar-refractivity contribution in [3.05, 3.63) is 64.8 Å². The van der Waals surface area contributed by atoms with Gasteiger partial charge in [0, 0.05) is 31.5 Å². The smallest absolute Gasteiger partial charge is 0.272 e. The summed E-state index contributed by atoms with van der Waals surface area (Å²) in [4.78, 5) is 16.6. The van der Waals surface area contributed by atoms with E-state index in [1.54, 1.807) is 19.4 Å². The minimum absolute atomic E-state index is 0.0631. The number of nitrogens with zero attached hydrogens (tertiary/aromatic N) is 8. The topological polar surface area (TPSA) is 95.8 Å². The molecule has 0 saturated carbocycles. The number of hydrogen-bond donors (Lipinski definition) is 0. The van der Waals surface area contributed by atoms with Crippen LogP contribution in [0.4, 0.5) is 0 Å². The Balaban J connectivity index is 1.53. The molecule has 0 fully saturated rings. The summed E-state index contributed by atoms with van der Waals surface area (Å²) in [5.74, 6) is 2.54. The lowest BCUT2D eigenvalue weighted by Crippen LogP contribution is -2.19. The van der Waals surface area contributed by atoms with Crippen LogP contribution in [-0.4, -0.2) is 38.9 Å². The molecule has 0 aliphatic carbocycles. The summed E-state index contributed by atoms with van der Waals surface area (Å²) in [7, 11) is 1.71. The normalized spacial score (nSPS) is 11.5. The molecule has 0 N–H and O–H groups in total. The number of thiophene rings is 1. The highest BCUT2D eigenvalue weighted by Gasteiger charge is 2.18. The van der Waals surface area contributed by atoms with Gasteiger partial charge in [-0.15, -0.1) is 38.3 Å². The summed E-state index contributed by atoms with van der Waals surface area (Å²) >= 11 is 2.94. The van der Waals surface area contributed by atoms with Crippen molar-refractivity contribution in [3.8, 4) is 11.4 Å². The maximum absolute atomic E-state index is 12.5. The van der Waals surface area contributed by atoms with Crippen LogP contribution in [0.2, 0.25) is 0 Å². The number of hydrogen-bond acceptors (Lipinski definition) is 8. The predicted molar refractivity (Wildman–Crippen MR) is 117 cm³/mol. The van der Waals surface area contributed by atoms with Crippen LogP contribution in [0.5, 0.6) is 0 Å². The van der Waals surface area contributed by atoms with Crippen LogP contribution in [-0.2, 0) is 19.3 Å². The van der Waals surface area contributed by atoms with Crippen LogP contribution in [0.25, 0.3) is 27.4 Å². The summed E-state index contributed by atoms with van der Waals surface area (Å²) in [6.45, 7) is 4.43. The molecule has 0 saturated heterocycles. The Labute approximate surface area is 178 Å². The number of aromatic nitrogens is 8. The Hall–Kier alpha value is -3.31. The SMILES string of the molecule is C=CCn1c(SCc2nnc3n(C)c(=O)c4sccc4n23)nnc1-c1ccncc1. The molecule has 5 rings (SSSR count). The third-order valence-corrected chi connectivity index (χ3v) is 6.55. The monoisotopic (exact) mass is 436 g/mol. The van der Waals surface area contributed by atoms with Gasteiger partial charge in [0.1, 0.15) is 10.5 Å². The average Bonchev–Trinajstić information content (AvgIpc) is 3.49. The first-order chi connectivity index (χ1) is 14.7. The molecule has 0 atom stereocenters. The maximum Gasteiger partial charge on any atom is 0.272 e. The van der Waals surface area contributed by atoms with Crippen LogP contribution >= 0.6 is 23.1 Å². The lowest BCUT2D eigenvalue weighted by Gasteiger charge is -2.08. The van der Waals surface area contributed by atoms with Crippen molar-refractivity contribution in [2.24, 2.45) is 7.05 Å². The average molecular weight is 437 g/mol. The van der Waals surface area contributed by atoms with Crippen LogP contribution in [0.15, 0.2) is 58.6 Å². The van der Waals surface area contributed by atoms with Gasteiger partial charge >= 0.3 is 0 Å². The molecule has 5 aromatic heterocycles. The zero-order chi connectivity index (χ0) is 20.7. The second-order valence-electron chi connectivity index (χ2n) is 6.48. The van der Waals surface area contributed by atoms with Crippen molar-refractivity contribution in [2.45, 2.75) is 17.5 Å². The highest BCUT2D eigenvalue weighted by Crippen LogP contribution is 2.27. The number of thioether (sulfide) groups is 1. The van der Waals surface area contributed by atoms with Crippen molar-refractivity contribution >= 4 is 39.1 Å². The van der Waals surface area contributed by atoms with Gasteiger partial charge in [-0.1, -0.05) is 17.8 Å². The molecular weight excluding hydrogens is 420 g/mol. The Kier molecular flexibility index (Phi) is 4.68. The highest BCUT2D eigenvalue weighted by atomic mass is 32.2. The molecule has 0 aliphatic rings. The van der Waals surface area contributed by atoms with E-state index in [9.17, 15) is 4.79 Å². The summed E-state index contributed by atoms with van der Waals surface area (Å²) in [6, 6.07) is 5.73. The van der Waals surface area contributed by atoms with Gasteiger partial charge in [-0.3, -0.25) is 23.3 Å². The number of allylic oxidation sites excluding steroid dienone is 1. The van der Waals surface area contributed by atoms with Gasteiger partial charge < -0.3 is 0 Å². The number of pyridine rings is 1. The van der Waals surface area contributed by atoms with Crippen LogP contribution in [0, 0.1) is 0 Å². The molecule has 0 amide bonds. The summed E-state index contributed by atoms with van der Waals surface area (Å²) in [5, 5.41) is 20.0. The molecule has 0 spiro atoms. The number of aryl methyl sites for hydroxylation is 1. The van der Waals surface area contributed by atoms with E-state index in [0.717, 1.165) is 27.9 Å². The second-order valence-corrected chi connectivity index (χ2v) is 8.34. The maximum atomic E-state index is 12.5. The quantitative estimate of drug-likeness (QED) is 0.298. The van der Waals surface area contributed by atoms with Gasteiger partial charge in [-0.25, -0.2) is 0 Å². The van der Waals surface area contributed by atoms with Gasteiger partial charge in [-0.2, -0.15) is 0 Å². The minimum Gasteiger partial charge on any atom is -0.298 e. The fraction of sp³-hybridized carbons (Fsp3) is 0.158. The molecule has 0 aliphatic heterocycles. The van der Waals surface area contributed by atoms with Crippen LogP contribution < -0.4 is 5.56 Å². The van der Waals surface area contributed by atoms with Gasteiger partial charge in [-0.05, 0) is 23.6 Å². The molecule has 11 heteroatoms. The molecule has 0 unspecified atom stereocenters. The zero-order valence-electron chi connectivity index (χ0n) is 16.0. The Bertz CT molecular complexity index is 1430. The molecular formula is C19H16N8OS2. The van der Waals surface area contributed by atoms with Crippen LogP contribution in [0.1, 0.15) is 5.82 Å². The Morgan fingerprint density at radius 3 is 2.80 bits per heavy atom. The van der Waals surface area contributed by atoms with Crippen molar-refractivity contribution in [2.75, 3.05) is 0 Å². The predicted octanol–water partition coefficient (Wildman–Crippen LogP) is 2.77. The summed E-state index contributed by atoms with van der Waals surface area (Å²) < 4.78 is 6.15. The summed E-state index contributed by atoms with van der Waals surface area (Å²) in [6.07, 6.45) is 5.27. The van der Waals surface area contributed by atoms with E-state index >= 15 is 0 Å². The third kappa shape index (κ3) is 2.94. The second kappa shape index (κ2) is 7.50. The van der Waals surface area contributed by atoms with Gasteiger partial charge in [0.05, 0.1) is 11.3 Å². The van der Waals surface area contributed by atoms with E-state index in [1.165, 1.54) is 27.7 Å². The van der Waals surface area contributed by atoms with Crippen molar-refractivity contribution < 1.29 is 0 Å². The van der Waals surface area contributed by atoms with Gasteiger partial charge in [0.25, 0.3) is 5.56 Å². The number of fused-ring (bicyclic) bond motifs is 3. The van der Waals surface area contributed by atoms with Crippen molar-refractivity contribution in [1.29, 1.82) is 0 Å². The van der Waals surface area contributed by atoms with E-state index in [4.69, 9.17) is 0 Å². The molecule has 9 nitrogen and oxygen atoms in total. The lowest BCUT2D eigenvalue weighted by atomic mass is 10.2. The first kappa shape index (κ1) is 18.7. The first-order valence-corrected chi connectivity index (χ1v) is 10.9. The molecule has 5 aromatic rings. The highest BCUT2D eigenvalue weighted by molar-refractivity contribution is 7.98. The van der Waals surface area contributed by atoms with E-state index in [1.807, 2.05) is 38.6 Å². The van der Waals surface area contributed by atoms with Crippen molar-refractivity contribution in [3.63, 3.8) is 0 Å². The van der Waals surface area contributed by atoms with E-state index in [-0.39, 0.29) is 5.56 Å². The largest absolute Gasteiger partial charge is 0.298 e. The lowest BCUT2D eigenvalue weighted by molar-refractivity contribution is 0.730. The minimum atomic E-state index is -0.0631. The van der Waals surface area contributed by atoms with E-state index in [2.05, 4.69) is 32.0 Å². The Morgan fingerprint density at radius 2 is 2.00 bits per heavy atom. The van der Waals surface area contributed by atoms with Crippen molar-refractivity contribution in [1.82, 2.24) is 38.9 Å². The molecule has 0 aromatic carbocycles. The fourth-order valence-electron chi connectivity index (χ4n) is 3.28. The molecule has 30 heavy (non-hydrogen) atoms. The van der Waals surface area contributed by atoms with Crippen LogP contribution in [0.3, 0.4) is 0 Å². The molecule has 5 heterocycles. The first-order valence-electron chi connectivity index (χ1n) is 9.06. The fourth-order valence-corrected chi connectivity index (χ4v) is 4.99. The standard InChI is InChI=1S/C19H16N8OS2/c1-3-9-26-16(12-4-7-20-8-5-12)22-24-19(26)30-11-14-21-23-18-25(2)17(28)15-13(27(14)18)6-10-29-15/h3-8,10H,1,9,11H2,2H3. The Morgan fingerprint density at radius 1 is 1.17 bits per heavy atom. The third-order valence-electron chi connectivity index (χ3n) is 4.69. The van der Waals surface area contributed by atoms with Gasteiger partial charge in [0.15, 0.2) is 11.0 Å². The molecule has 0 radical (unpaired) electrons. The summed E-state index contributed by atoms with van der Waals surface area (Å²) in [5.41, 5.74) is 1.70. The molecule has 150 valence electrons. The zero-order valence-corrected chi connectivity index (χ0v) is 17.6.